The summed E-state index contributed by atoms with van der Waals surface area (Å²) in [6.07, 6.45) is -0.0135. The average Bonchev–Trinajstić information content (AvgIpc) is 2.60. The number of benzene rings is 2. The van der Waals surface area contributed by atoms with Crippen molar-refractivity contribution in [1.29, 1.82) is 0 Å². The van der Waals surface area contributed by atoms with Crippen LogP contribution in [0.4, 0.5) is 5.69 Å². The number of hydrogen-bond acceptors (Lipinski definition) is 4. The fourth-order valence-corrected chi connectivity index (χ4v) is 4.52. The van der Waals surface area contributed by atoms with Crippen molar-refractivity contribution in [2.75, 3.05) is 18.9 Å². The topological polar surface area (TPSA) is 104 Å². The first-order chi connectivity index (χ1) is 13.1. The van der Waals surface area contributed by atoms with Crippen LogP contribution in [0.25, 0.3) is 0 Å². The van der Waals surface area contributed by atoms with Gasteiger partial charge in [-0.3, -0.25) is 9.59 Å². The lowest BCUT2D eigenvalue weighted by atomic mass is 10.1. The normalized spacial score (nSPS) is 11.1. The molecule has 2 amide bonds. The fraction of sp³-hybridized carbons (Fsp3) is 0.300. The minimum Gasteiger partial charge on any atom is -0.355 e. The summed E-state index contributed by atoms with van der Waals surface area (Å²) in [5.41, 5.74) is 3.36. The summed E-state index contributed by atoms with van der Waals surface area (Å²) in [6.45, 7) is 5.40. The summed E-state index contributed by atoms with van der Waals surface area (Å²) < 4.78 is 27.6. The SMILES string of the molecule is CNC(=O)c1ccc(NC(=O)CCNS(=O)(=O)c2c(C)cc(C)cc2C)cc1. The number of aryl methyl sites for hydroxylation is 3. The van der Waals surface area contributed by atoms with E-state index in [0.29, 0.717) is 22.4 Å². The highest BCUT2D eigenvalue weighted by atomic mass is 32.2. The van der Waals surface area contributed by atoms with Crippen molar-refractivity contribution in [2.24, 2.45) is 0 Å². The van der Waals surface area contributed by atoms with Gasteiger partial charge in [0.1, 0.15) is 0 Å². The average molecular weight is 404 g/mol. The molecule has 3 N–H and O–H groups in total. The Morgan fingerprint density at radius 2 is 1.54 bits per heavy atom. The van der Waals surface area contributed by atoms with Gasteiger partial charge in [-0.15, -0.1) is 0 Å². The van der Waals surface area contributed by atoms with Gasteiger partial charge in [-0.25, -0.2) is 13.1 Å². The standard InChI is InChI=1S/C20H25N3O4S/c1-13-11-14(2)19(15(3)12-13)28(26,27)22-10-9-18(24)23-17-7-5-16(6-8-17)20(25)21-4/h5-8,11-12,22H,9-10H2,1-4H3,(H,21,25)(H,23,24). The van der Waals surface area contributed by atoms with Crippen LogP contribution < -0.4 is 15.4 Å². The smallest absolute Gasteiger partial charge is 0.251 e. The molecule has 2 rings (SSSR count). The van der Waals surface area contributed by atoms with Crippen molar-refractivity contribution in [1.82, 2.24) is 10.0 Å². The van der Waals surface area contributed by atoms with E-state index < -0.39 is 10.0 Å². The third-order valence-corrected chi connectivity index (χ3v) is 5.94. The molecule has 0 spiro atoms. The van der Waals surface area contributed by atoms with Crippen molar-refractivity contribution in [3.05, 3.63) is 58.7 Å². The van der Waals surface area contributed by atoms with E-state index in [4.69, 9.17) is 0 Å². The van der Waals surface area contributed by atoms with Crippen LogP contribution in [0.1, 0.15) is 33.5 Å². The Labute approximate surface area is 165 Å². The maximum absolute atomic E-state index is 12.6. The molecule has 0 saturated carbocycles. The van der Waals surface area contributed by atoms with E-state index in [0.717, 1.165) is 5.56 Å². The second-order valence-corrected chi connectivity index (χ2v) is 8.28. The predicted molar refractivity (Wildman–Crippen MR) is 109 cm³/mol. The monoisotopic (exact) mass is 403 g/mol. The molecule has 0 atom stereocenters. The predicted octanol–water partition coefficient (Wildman–Crippen LogP) is 2.28. The van der Waals surface area contributed by atoms with Crippen LogP contribution >= 0.6 is 0 Å². The molecule has 28 heavy (non-hydrogen) atoms. The summed E-state index contributed by atoms with van der Waals surface area (Å²) in [5, 5.41) is 5.19. The maximum Gasteiger partial charge on any atom is 0.251 e. The van der Waals surface area contributed by atoms with Gasteiger partial charge in [-0.2, -0.15) is 0 Å². The van der Waals surface area contributed by atoms with E-state index in [-0.39, 0.29) is 29.7 Å². The van der Waals surface area contributed by atoms with Gasteiger partial charge in [0.2, 0.25) is 15.9 Å². The number of carbonyl (C=O) groups excluding carboxylic acids is 2. The first-order valence-electron chi connectivity index (χ1n) is 8.83. The quantitative estimate of drug-likeness (QED) is 0.660. The number of amides is 2. The zero-order valence-electron chi connectivity index (χ0n) is 16.4. The largest absolute Gasteiger partial charge is 0.355 e. The van der Waals surface area contributed by atoms with Crippen LogP contribution in [0.15, 0.2) is 41.3 Å². The third kappa shape index (κ3) is 5.40. The molecular formula is C20H25N3O4S. The van der Waals surface area contributed by atoms with E-state index in [2.05, 4.69) is 15.4 Å². The molecule has 0 aromatic heterocycles. The lowest BCUT2D eigenvalue weighted by Gasteiger charge is -2.13. The Hall–Kier alpha value is -2.71. The van der Waals surface area contributed by atoms with E-state index in [1.165, 1.54) is 0 Å². The molecule has 7 nitrogen and oxygen atoms in total. The fourth-order valence-electron chi connectivity index (χ4n) is 3.03. The maximum atomic E-state index is 12.6. The van der Waals surface area contributed by atoms with Gasteiger partial charge in [0.25, 0.3) is 5.91 Å². The molecule has 0 aliphatic carbocycles. The van der Waals surface area contributed by atoms with Gasteiger partial charge in [0, 0.05) is 31.3 Å². The first-order valence-corrected chi connectivity index (χ1v) is 10.3. The highest BCUT2D eigenvalue weighted by molar-refractivity contribution is 7.89. The Kier molecular flexibility index (Phi) is 6.93. The molecule has 2 aromatic rings. The second kappa shape index (κ2) is 8.99. The summed E-state index contributed by atoms with van der Waals surface area (Å²) in [6, 6.07) is 10.1. The second-order valence-electron chi connectivity index (χ2n) is 6.58. The molecule has 0 unspecified atom stereocenters. The van der Waals surface area contributed by atoms with Crippen molar-refractivity contribution >= 4 is 27.5 Å². The molecule has 0 heterocycles. The van der Waals surface area contributed by atoms with Crippen LogP contribution in [-0.2, 0) is 14.8 Å². The van der Waals surface area contributed by atoms with Gasteiger partial charge in [-0.1, -0.05) is 17.7 Å². The van der Waals surface area contributed by atoms with Gasteiger partial charge in [0.15, 0.2) is 0 Å². The van der Waals surface area contributed by atoms with Crippen molar-refractivity contribution in [3.63, 3.8) is 0 Å². The van der Waals surface area contributed by atoms with Gasteiger partial charge in [-0.05, 0) is 56.2 Å². The first kappa shape index (κ1) is 21.6. The minimum absolute atomic E-state index is 0.0135. The zero-order valence-corrected chi connectivity index (χ0v) is 17.2. The number of carbonyl (C=O) groups is 2. The number of sulfonamides is 1. The van der Waals surface area contributed by atoms with E-state index >= 15 is 0 Å². The highest BCUT2D eigenvalue weighted by Gasteiger charge is 2.19. The zero-order chi connectivity index (χ0) is 20.9. The number of hydrogen-bond donors (Lipinski definition) is 3. The van der Waals surface area contributed by atoms with Gasteiger partial charge < -0.3 is 10.6 Å². The van der Waals surface area contributed by atoms with Crippen molar-refractivity contribution in [2.45, 2.75) is 32.1 Å². The Bertz CT molecular complexity index is 960. The molecule has 2 aromatic carbocycles. The Balaban J connectivity index is 1.94. The lowest BCUT2D eigenvalue weighted by Crippen LogP contribution is -2.29. The molecule has 0 fully saturated rings. The van der Waals surface area contributed by atoms with Crippen LogP contribution in [0.3, 0.4) is 0 Å². The van der Waals surface area contributed by atoms with Crippen molar-refractivity contribution in [3.8, 4) is 0 Å². The molecule has 0 saturated heterocycles. The molecule has 0 aliphatic heterocycles. The van der Waals surface area contributed by atoms with Crippen LogP contribution in [0, 0.1) is 20.8 Å². The molecule has 150 valence electrons. The molecule has 8 heteroatoms. The van der Waals surface area contributed by atoms with E-state index in [9.17, 15) is 18.0 Å². The number of anilines is 1. The van der Waals surface area contributed by atoms with Crippen LogP contribution in [0.2, 0.25) is 0 Å². The Morgan fingerprint density at radius 3 is 2.07 bits per heavy atom. The third-order valence-electron chi connectivity index (χ3n) is 4.18. The van der Waals surface area contributed by atoms with Crippen molar-refractivity contribution < 1.29 is 18.0 Å². The van der Waals surface area contributed by atoms with Crippen LogP contribution in [0.5, 0.6) is 0 Å². The van der Waals surface area contributed by atoms with Gasteiger partial charge in [0.05, 0.1) is 4.90 Å². The van der Waals surface area contributed by atoms with Crippen LogP contribution in [-0.4, -0.2) is 33.8 Å². The summed E-state index contributed by atoms with van der Waals surface area (Å²) in [4.78, 5) is 23.8. The molecule has 0 aliphatic rings. The highest BCUT2D eigenvalue weighted by Crippen LogP contribution is 2.21. The van der Waals surface area contributed by atoms with Gasteiger partial charge >= 0.3 is 0 Å². The molecule has 0 bridgehead atoms. The number of nitrogens with one attached hydrogen (secondary N) is 3. The van der Waals surface area contributed by atoms with E-state index in [1.807, 2.05) is 19.1 Å². The summed E-state index contributed by atoms with van der Waals surface area (Å²) >= 11 is 0. The summed E-state index contributed by atoms with van der Waals surface area (Å²) in [7, 11) is -2.16. The number of rotatable bonds is 7. The van der Waals surface area contributed by atoms with E-state index in [1.54, 1.807) is 45.2 Å². The molecular weight excluding hydrogens is 378 g/mol. The minimum atomic E-state index is -3.70. The lowest BCUT2D eigenvalue weighted by molar-refractivity contribution is -0.116. The Morgan fingerprint density at radius 1 is 0.964 bits per heavy atom. The summed E-state index contributed by atoms with van der Waals surface area (Å²) in [5.74, 6) is -0.540. The molecule has 0 radical (unpaired) electrons.